The summed E-state index contributed by atoms with van der Waals surface area (Å²) in [5.41, 5.74) is -0.710. The topological polar surface area (TPSA) is 71.5 Å². The lowest BCUT2D eigenvalue weighted by molar-refractivity contribution is -0.0835. The molecule has 1 fully saturated rings. The van der Waals surface area contributed by atoms with E-state index in [9.17, 15) is 10.2 Å². The number of epoxide rings is 1. The molecule has 0 aliphatic carbocycles. The van der Waals surface area contributed by atoms with Gasteiger partial charge < -0.3 is 24.4 Å². The monoisotopic (exact) mass is 304 g/mol. The maximum atomic E-state index is 9.57. The molecule has 0 aromatic rings. The SMILES string of the molecule is CCCCC(CC)COCC(CO)(CO)COCC1CO1. The molecule has 0 aromatic carbocycles. The van der Waals surface area contributed by atoms with E-state index in [1.165, 1.54) is 19.3 Å². The highest BCUT2D eigenvalue weighted by Gasteiger charge is 2.32. The van der Waals surface area contributed by atoms with Crippen LogP contribution in [0, 0.1) is 11.3 Å². The van der Waals surface area contributed by atoms with Crippen molar-refractivity contribution in [1.29, 1.82) is 0 Å². The number of aliphatic hydroxyl groups excluding tert-OH is 2. The van der Waals surface area contributed by atoms with Gasteiger partial charge in [-0.1, -0.05) is 33.1 Å². The van der Waals surface area contributed by atoms with E-state index in [0.717, 1.165) is 13.0 Å². The lowest BCUT2D eigenvalue weighted by atomic mass is 9.92. The van der Waals surface area contributed by atoms with Crippen molar-refractivity contribution < 1.29 is 24.4 Å². The predicted octanol–water partition coefficient (Wildman–Crippen LogP) is 1.61. The zero-order valence-corrected chi connectivity index (χ0v) is 13.6. The number of rotatable bonds is 14. The summed E-state index contributed by atoms with van der Waals surface area (Å²) in [5, 5.41) is 19.1. The first kappa shape index (κ1) is 18.8. The first-order valence-corrected chi connectivity index (χ1v) is 8.18. The van der Waals surface area contributed by atoms with Crippen LogP contribution in [0.5, 0.6) is 0 Å². The first-order valence-electron chi connectivity index (χ1n) is 8.18. The Morgan fingerprint density at radius 1 is 1.19 bits per heavy atom. The summed E-state index contributed by atoms with van der Waals surface area (Å²) in [7, 11) is 0. The summed E-state index contributed by atoms with van der Waals surface area (Å²) < 4.78 is 16.4. The minimum Gasteiger partial charge on any atom is -0.396 e. The molecule has 1 rings (SSSR count). The third-order valence-electron chi connectivity index (χ3n) is 4.09. The number of aliphatic hydroxyl groups is 2. The molecule has 0 bridgehead atoms. The van der Waals surface area contributed by atoms with Gasteiger partial charge in [-0.3, -0.25) is 0 Å². The maximum Gasteiger partial charge on any atom is 0.104 e. The molecule has 5 nitrogen and oxygen atoms in total. The smallest absolute Gasteiger partial charge is 0.104 e. The van der Waals surface area contributed by atoms with Crippen molar-refractivity contribution in [3.63, 3.8) is 0 Å². The van der Waals surface area contributed by atoms with Gasteiger partial charge in [0.1, 0.15) is 6.10 Å². The van der Waals surface area contributed by atoms with E-state index in [0.29, 0.717) is 32.3 Å². The second-order valence-corrected chi connectivity index (χ2v) is 6.22. The van der Waals surface area contributed by atoms with Gasteiger partial charge in [0.15, 0.2) is 0 Å². The summed E-state index contributed by atoms with van der Waals surface area (Å²) in [6, 6.07) is 0. The fraction of sp³-hybridized carbons (Fsp3) is 1.00. The minimum atomic E-state index is -0.710. The third kappa shape index (κ3) is 7.56. The van der Waals surface area contributed by atoms with E-state index in [-0.39, 0.29) is 19.3 Å². The van der Waals surface area contributed by atoms with Crippen molar-refractivity contribution >= 4 is 0 Å². The van der Waals surface area contributed by atoms with Crippen LogP contribution in [-0.2, 0) is 14.2 Å². The van der Waals surface area contributed by atoms with Gasteiger partial charge in [0.05, 0.1) is 45.1 Å². The largest absolute Gasteiger partial charge is 0.396 e. The van der Waals surface area contributed by atoms with Crippen molar-refractivity contribution in [3.05, 3.63) is 0 Å². The number of unbranched alkanes of at least 4 members (excludes halogenated alkanes) is 1. The van der Waals surface area contributed by atoms with E-state index in [1.54, 1.807) is 0 Å². The molecule has 5 heteroatoms. The molecule has 0 amide bonds. The second kappa shape index (κ2) is 10.5. The molecule has 1 aliphatic heterocycles. The Bertz CT molecular complexity index is 251. The molecule has 2 N–H and O–H groups in total. The number of hydrogen-bond donors (Lipinski definition) is 2. The molecule has 2 unspecified atom stereocenters. The Balaban J connectivity index is 2.26. The summed E-state index contributed by atoms with van der Waals surface area (Å²) in [4.78, 5) is 0. The average Bonchev–Trinajstić information content (AvgIpc) is 3.33. The van der Waals surface area contributed by atoms with Gasteiger partial charge in [-0.2, -0.15) is 0 Å². The Kier molecular flexibility index (Phi) is 9.44. The molecule has 1 heterocycles. The van der Waals surface area contributed by atoms with Crippen LogP contribution in [0.4, 0.5) is 0 Å². The fourth-order valence-corrected chi connectivity index (χ4v) is 2.19. The molecule has 126 valence electrons. The summed E-state index contributed by atoms with van der Waals surface area (Å²) in [5.74, 6) is 0.556. The Morgan fingerprint density at radius 3 is 2.38 bits per heavy atom. The lowest BCUT2D eigenvalue weighted by Gasteiger charge is -2.30. The molecule has 21 heavy (non-hydrogen) atoms. The van der Waals surface area contributed by atoms with Crippen LogP contribution in [-0.4, -0.2) is 62.6 Å². The molecule has 2 atom stereocenters. The van der Waals surface area contributed by atoms with Crippen LogP contribution in [0.1, 0.15) is 39.5 Å². The highest BCUT2D eigenvalue weighted by Crippen LogP contribution is 2.20. The predicted molar refractivity (Wildman–Crippen MR) is 81.3 cm³/mol. The molecule has 0 aromatic heterocycles. The zero-order chi connectivity index (χ0) is 15.6. The van der Waals surface area contributed by atoms with E-state index in [4.69, 9.17) is 14.2 Å². The van der Waals surface area contributed by atoms with Gasteiger partial charge in [0.25, 0.3) is 0 Å². The lowest BCUT2D eigenvalue weighted by Crippen LogP contribution is -2.40. The molecular weight excluding hydrogens is 272 g/mol. The third-order valence-corrected chi connectivity index (χ3v) is 4.09. The Labute approximate surface area is 128 Å². The zero-order valence-electron chi connectivity index (χ0n) is 13.6. The van der Waals surface area contributed by atoms with Crippen LogP contribution in [0.2, 0.25) is 0 Å². The summed E-state index contributed by atoms with van der Waals surface area (Å²) in [6.07, 6.45) is 4.89. The fourth-order valence-electron chi connectivity index (χ4n) is 2.19. The van der Waals surface area contributed by atoms with Gasteiger partial charge in [-0.25, -0.2) is 0 Å². The molecular formula is C16H32O5. The molecule has 0 radical (unpaired) electrons. The Hall–Kier alpha value is -0.200. The second-order valence-electron chi connectivity index (χ2n) is 6.22. The van der Waals surface area contributed by atoms with Crippen LogP contribution >= 0.6 is 0 Å². The van der Waals surface area contributed by atoms with Gasteiger partial charge in [-0.05, 0) is 12.3 Å². The van der Waals surface area contributed by atoms with E-state index in [1.807, 2.05) is 0 Å². The van der Waals surface area contributed by atoms with Crippen molar-refractivity contribution in [2.75, 3.05) is 46.2 Å². The first-order chi connectivity index (χ1) is 10.2. The van der Waals surface area contributed by atoms with E-state index >= 15 is 0 Å². The normalized spacial score (nSPS) is 19.7. The molecule has 1 saturated heterocycles. The molecule has 1 aliphatic rings. The Morgan fingerprint density at radius 2 is 1.86 bits per heavy atom. The average molecular weight is 304 g/mol. The van der Waals surface area contributed by atoms with Gasteiger partial charge in [0, 0.05) is 6.61 Å². The molecule has 0 saturated carbocycles. The van der Waals surface area contributed by atoms with Crippen molar-refractivity contribution in [2.24, 2.45) is 11.3 Å². The van der Waals surface area contributed by atoms with Gasteiger partial charge in [-0.15, -0.1) is 0 Å². The maximum absolute atomic E-state index is 9.57. The quantitative estimate of drug-likeness (QED) is 0.477. The standard InChI is InChI=1S/C16H32O5/c1-3-5-6-14(4-2)7-19-12-16(10-17,11-18)13-20-8-15-9-21-15/h14-15,17-18H,3-13H2,1-2H3. The summed E-state index contributed by atoms with van der Waals surface area (Å²) in [6.45, 7) is 6.67. The van der Waals surface area contributed by atoms with Crippen LogP contribution in [0.15, 0.2) is 0 Å². The van der Waals surface area contributed by atoms with Crippen molar-refractivity contribution in [3.8, 4) is 0 Å². The van der Waals surface area contributed by atoms with E-state index < -0.39 is 5.41 Å². The highest BCUT2D eigenvalue weighted by atomic mass is 16.6. The van der Waals surface area contributed by atoms with Crippen LogP contribution in [0.3, 0.4) is 0 Å². The van der Waals surface area contributed by atoms with Crippen LogP contribution < -0.4 is 0 Å². The number of ether oxygens (including phenoxy) is 3. The number of hydrogen-bond acceptors (Lipinski definition) is 5. The van der Waals surface area contributed by atoms with E-state index in [2.05, 4.69) is 13.8 Å². The van der Waals surface area contributed by atoms with Gasteiger partial charge in [0.2, 0.25) is 0 Å². The minimum absolute atomic E-state index is 0.138. The summed E-state index contributed by atoms with van der Waals surface area (Å²) >= 11 is 0. The van der Waals surface area contributed by atoms with Crippen molar-refractivity contribution in [1.82, 2.24) is 0 Å². The molecule has 0 spiro atoms. The highest BCUT2D eigenvalue weighted by molar-refractivity contribution is 4.78. The van der Waals surface area contributed by atoms with Gasteiger partial charge >= 0.3 is 0 Å². The van der Waals surface area contributed by atoms with Crippen molar-refractivity contribution in [2.45, 2.75) is 45.6 Å². The van der Waals surface area contributed by atoms with Crippen LogP contribution in [0.25, 0.3) is 0 Å².